The summed E-state index contributed by atoms with van der Waals surface area (Å²) in [5.41, 5.74) is -0.415. The van der Waals surface area contributed by atoms with Gasteiger partial charge in [-0.25, -0.2) is 4.79 Å². The minimum absolute atomic E-state index is 0.0764. The zero-order valence-corrected chi connectivity index (χ0v) is 7.78. The number of nitrogens with zero attached hydrogens (tertiary/aromatic N) is 1. The third-order valence-corrected chi connectivity index (χ3v) is 2.29. The molecule has 1 aliphatic rings. The zero-order chi connectivity index (χ0) is 10.1. The molecule has 0 fully saturated rings. The summed E-state index contributed by atoms with van der Waals surface area (Å²) in [6, 6.07) is 3.45. The van der Waals surface area contributed by atoms with E-state index >= 15 is 0 Å². The molecule has 0 spiro atoms. The molecule has 0 bridgehead atoms. The van der Waals surface area contributed by atoms with Crippen LogP contribution in [0.4, 0.5) is 0 Å². The van der Waals surface area contributed by atoms with Crippen LogP contribution in [0.1, 0.15) is 19.1 Å². The number of fused-ring (bicyclic) bond motifs is 1. The maximum absolute atomic E-state index is 11.4. The molecule has 0 saturated carbocycles. The van der Waals surface area contributed by atoms with Gasteiger partial charge in [0.2, 0.25) is 5.76 Å². The highest BCUT2D eigenvalue weighted by atomic mass is 16.4. The Labute approximate surface area is 80.6 Å². The fourth-order valence-electron chi connectivity index (χ4n) is 1.59. The van der Waals surface area contributed by atoms with Crippen molar-refractivity contribution in [2.24, 2.45) is 5.92 Å². The summed E-state index contributed by atoms with van der Waals surface area (Å²) in [5, 5.41) is 10.0. The Kier molecular flexibility index (Phi) is 1.97. The number of rotatable bonds is 0. The van der Waals surface area contributed by atoms with Crippen LogP contribution in [0, 0.1) is 17.2 Å². The molecule has 14 heavy (non-hydrogen) atoms. The monoisotopic (exact) mass is 187 g/mol. The van der Waals surface area contributed by atoms with Gasteiger partial charge in [0.25, 0.3) is 0 Å². The zero-order valence-electron chi connectivity index (χ0n) is 7.78. The molecule has 1 aliphatic carbocycles. The molecule has 0 amide bonds. The minimum atomic E-state index is -0.415. The first-order chi connectivity index (χ1) is 6.70. The summed E-state index contributed by atoms with van der Waals surface area (Å²) in [6.07, 6.45) is 4.71. The molecular formula is C11H9NO2. The molecule has 1 atom stereocenters. The predicted molar refractivity (Wildman–Crippen MR) is 51.7 cm³/mol. The second kappa shape index (κ2) is 3.15. The van der Waals surface area contributed by atoms with E-state index in [1.807, 2.05) is 18.2 Å². The molecule has 1 unspecified atom stereocenters. The number of nitriles is 1. The van der Waals surface area contributed by atoms with Crippen molar-refractivity contribution >= 4 is 12.2 Å². The van der Waals surface area contributed by atoms with Crippen LogP contribution in [0.25, 0.3) is 12.2 Å². The molecule has 1 aromatic heterocycles. The van der Waals surface area contributed by atoms with Crippen LogP contribution in [0.5, 0.6) is 0 Å². The van der Waals surface area contributed by atoms with Crippen LogP contribution in [0.2, 0.25) is 0 Å². The van der Waals surface area contributed by atoms with E-state index < -0.39 is 5.63 Å². The maximum atomic E-state index is 11.4. The summed E-state index contributed by atoms with van der Waals surface area (Å²) in [6.45, 7) is 2.07. The van der Waals surface area contributed by atoms with Crippen LogP contribution in [0.3, 0.4) is 0 Å². The molecule has 0 radical (unpaired) electrons. The second-order valence-corrected chi connectivity index (χ2v) is 3.46. The van der Waals surface area contributed by atoms with Gasteiger partial charge in [0.15, 0.2) is 0 Å². The van der Waals surface area contributed by atoms with E-state index in [1.165, 1.54) is 0 Å². The quantitative estimate of drug-likeness (QED) is 0.579. The third-order valence-electron chi connectivity index (χ3n) is 2.29. The molecule has 0 aliphatic heterocycles. The van der Waals surface area contributed by atoms with Crippen molar-refractivity contribution in [2.45, 2.75) is 13.3 Å². The smallest absolute Gasteiger partial charge is 0.344 e. The van der Waals surface area contributed by atoms with Gasteiger partial charge in [-0.05, 0) is 23.6 Å². The van der Waals surface area contributed by atoms with E-state index in [1.54, 1.807) is 6.07 Å². The average Bonchev–Trinajstić information content (AvgIpc) is 2.16. The highest BCUT2D eigenvalue weighted by molar-refractivity contribution is 5.40. The molecule has 1 aromatic rings. The van der Waals surface area contributed by atoms with E-state index in [2.05, 4.69) is 6.92 Å². The highest BCUT2D eigenvalue weighted by Gasteiger charge is 2.06. The van der Waals surface area contributed by atoms with Gasteiger partial charge in [-0.15, -0.1) is 0 Å². The predicted octanol–water partition coefficient (Wildman–Crippen LogP) is 0.112. The fraction of sp³-hybridized carbons (Fsp3) is 0.273. The fourth-order valence-corrected chi connectivity index (χ4v) is 1.59. The van der Waals surface area contributed by atoms with Gasteiger partial charge in [-0.2, -0.15) is 5.26 Å². The number of hydrogen-bond donors (Lipinski definition) is 0. The van der Waals surface area contributed by atoms with Gasteiger partial charge in [0.1, 0.15) is 6.07 Å². The van der Waals surface area contributed by atoms with Crippen molar-refractivity contribution in [3.63, 3.8) is 0 Å². The maximum Gasteiger partial charge on any atom is 0.344 e. The van der Waals surface area contributed by atoms with E-state index in [4.69, 9.17) is 9.68 Å². The molecule has 1 heterocycles. The number of hydrogen-bond acceptors (Lipinski definition) is 3. The third kappa shape index (κ3) is 1.35. The Balaban J connectivity index is 2.87. The molecule has 0 saturated heterocycles. The average molecular weight is 187 g/mol. The van der Waals surface area contributed by atoms with Crippen molar-refractivity contribution in [1.29, 1.82) is 5.26 Å². The Morgan fingerprint density at radius 3 is 3.14 bits per heavy atom. The first-order valence-electron chi connectivity index (χ1n) is 4.47. The van der Waals surface area contributed by atoms with Crippen molar-refractivity contribution in [3.8, 4) is 6.07 Å². The van der Waals surface area contributed by atoms with Gasteiger partial charge >= 0.3 is 5.63 Å². The SMILES string of the molecule is CC1C=c2cc(C#N)oc(=O)c2=CC1. The summed E-state index contributed by atoms with van der Waals surface area (Å²) in [4.78, 5) is 11.4. The van der Waals surface area contributed by atoms with E-state index in [-0.39, 0.29) is 5.76 Å². The van der Waals surface area contributed by atoms with Crippen LogP contribution >= 0.6 is 0 Å². The van der Waals surface area contributed by atoms with Crippen LogP contribution in [-0.2, 0) is 0 Å². The molecule has 3 nitrogen and oxygen atoms in total. The standard InChI is InChI=1S/C11H9NO2/c1-7-2-3-10-8(4-7)5-9(6-12)14-11(10)13/h3-5,7H,2H2,1H3. The largest absolute Gasteiger partial charge is 0.411 e. The molecule has 70 valence electrons. The summed E-state index contributed by atoms with van der Waals surface area (Å²) in [5.74, 6) is 0.489. The Hall–Kier alpha value is -1.82. The van der Waals surface area contributed by atoms with Crippen LogP contribution in [0.15, 0.2) is 15.3 Å². The lowest BCUT2D eigenvalue weighted by molar-refractivity contribution is 0.489. The molecule has 0 N–H and O–H groups in total. The normalized spacial score (nSPS) is 18.7. The molecule has 2 rings (SSSR count). The minimum Gasteiger partial charge on any atom is -0.411 e. The van der Waals surface area contributed by atoms with Crippen molar-refractivity contribution in [1.82, 2.24) is 0 Å². The van der Waals surface area contributed by atoms with Crippen molar-refractivity contribution in [2.75, 3.05) is 0 Å². The van der Waals surface area contributed by atoms with Gasteiger partial charge in [-0.3, -0.25) is 0 Å². The van der Waals surface area contributed by atoms with Gasteiger partial charge in [0, 0.05) is 0 Å². The molecule has 0 aromatic carbocycles. The van der Waals surface area contributed by atoms with Crippen molar-refractivity contribution < 1.29 is 4.42 Å². The van der Waals surface area contributed by atoms with E-state index in [0.29, 0.717) is 11.1 Å². The van der Waals surface area contributed by atoms with E-state index in [0.717, 1.165) is 11.6 Å². The first-order valence-corrected chi connectivity index (χ1v) is 4.47. The summed E-state index contributed by atoms with van der Waals surface area (Å²) < 4.78 is 4.79. The van der Waals surface area contributed by atoms with E-state index in [9.17, 15) is 4.79 Å². The van der Waals surface area contributed by atoms with Gasteiger partial charge in [0.05, 0.1) is 5.22 Å². The Morgan fingerprint density at radius 2 is 2.43 bits per heavy atom. The second-order valence-electron chi connectivity index (χ2n) is 3.46. The highest BCUT2D eigenvalue weighted by Crippen LogP contribution is 2.05. The lowest BCUT2D eigenvalue weighted by Crippen LogP contribution is -2.40. The van der Waals surface area contributed by atoms with Crippen molar-refractivity contribution in [3.05, 3.63) is 32.7 Å². The lowest BCUT2D eigenvalue weighted by atomic mass is 10.0. The molecular weight excluding hydrogens is 178 g/mol. The van der Waals surface area contributed by atoms with Gasteiger partial charge in [-0.1, -0.05) is 19.1 Å². The topological polar surface area (TPSA) is 54.0 Å². The lowest BCUT2D eigenvalue weighted by Gasteiger charge is -2.05. The van der Waals surface area contributed by atoms with Crippen LogP contribution < -0.4 is 16.1 Å². The van der Waals surface area contributed by atoms with Crippen LogP contribution in [-0.4, -0.2) is 0 Å². The van der Waals surface area contributed by atoms with Gasteiger partial charge < -0.3 is 4.42 Å². The first kappa shape index (κ1) is 8.76. The molecule has 3 heteroatoms. The Morgan fingerprint density at radius 1 is 1.64 bits per heavy atom. The Bertz CT molecular complexity index is 575. The summed E-state index contributed by atoms with van der Waals surface area (Å²) in [7, 11) is 0. The summed E-state index contributed by atoms with van der Waals surface area (Å²) >= 11 is 0.